The number of carbonyl (C=O) groups excluding carboxylic acids is 1. The molecule has 0 radical (unpaired) electrons. The number of hydrogen-bond donors (Lipinski definition) is 4. The number of hydrogen-bond acceptors (Lipinski definition) is 6. The predicted octanol–water partition coefficient (Wildman–Crippen LogP) is 3.68. The van der Waals surface area contributed by atoms with E-state index in [0.29, 0.717) is 27.6 Å². The van der Waals surface area contributed by atoms with Gasteiger partial charge in [0, 0.05) is 17.4 Å². The average molecular weight is 501 g/mol. The van der Waals surface area contributed by atoms with Gasteiger partial charge in [-0.3, -0.25) is 20.4 Å². The van der Waals surface area contributed by atoms with Gasteiger partial charge in [-0.2, -0.15) is 18.3 Å². The normalized spacial score (nSPS) is 11.8. The molecule has 0 saturated carbocycles. The molecular weight excluding hydrogens is 482 g/mol. The quantitative estimate of drug-likeness (QED) is 0.184. The highest BCUT2D eigenvalue weighted by Crippen LogP contribution is 2.20. The lowest BCUT2D eigenvalue weighted by atomic mass is 10.0. The number of aromatic nitrogens is 2. The number of carbonyl (C=O) groups is 1. The maximum Gasteiger partial charge on any atom is 0.468 e. The van der Waals surface area contributed by atoms with Crippen molar-refractivity contribution in [1.29, 1.82) is 10.8 Å². The van der Waals surface area contributed by atoms with Gasteiger partial charge in [-0.1, -0.05) is 12.0 Å². The Bertz CT molecular complexity index is 1490. The van der Waals surface area contributed by atoms with Gasteiger partial charge in [-0.15, -0.1) is 5.92 Å². The Morgan fingerprint density at radius 1 is 1.19 bits per heavy atom. The van der Waals surface area contributed by atoms with E-state index in [1.165, 1.54) is 12.1 Å². The van der Waals surface area contributed by atoms with Gasteiger partial charge in [0.1, 0.15) is 11.9 Å². The van der Waals surface area contributed by atoms with Crippen molar-refractivity contribution in [3.05, 3.63) is 75.0 Å². The van der Waals surface area contributed by atoms with Gasteiger partial charge in [-0.05, 0) is 49.7 Å². The number of benzene rings is 2. The summed E-state index contributed by atoms with van der Waals surface area (Å²) in [6.07, 6.45) is -4.99. The molecule has 186 valence electrons. The maximum absolute atomic E-state index is 14.4. The Hall–Kier alpha value is -4.53. The molecule has 0 aliphatic carbocycles. The number of halogens is 4. The van der Waals surface area contributed by atoms with Crippen molar-refractivity contribution in [2.45, 2.75) is 32.5 Å². The molecule has 36 heavy (non-hydrogen) atoms. The van der Waals surface area contributed by atoms with Gasteiger partial charge in [0.05, 0.1) is 16.6 Å². The minimum atomic E-state index is -5.10. The van der Waals surface area contributed by atoms with Gasteiger partial charge in [0.25, 0.3) is 17.4 Å². The Balaban J connectivity index is 1.85. The summed E-state index contributed by atoms with van der Waals surface area (Å²) >= 11 is 0. The number of ether oxygens (including phenoxy) is 1. The molecule has 3 aromatic rings. The van der Waals surface area contributed by atoms with E-state index in [1.807, 2.05) is 0 Å². The molecular formula is C24H19F4N5O3. The van der Waals surface area contributed by atoms with Crippen LogP contribution in [0.3, 0.4) is 0 Å². The first-order valence-corrected chi connectivity index (χ1v) is 10.4. The van der Waals surface area contributed by atoms with Crippen LogP contribution in [0.1, 0.15) is 41.0 Å². The Morgan fingerprint density at radius 3 is 2.58 bits per heavy atom. The second kappa shape index (κ2) is 10.4. The fourth-order valence-corrected chi connectivity index (χ4v) is 3.22. The number of rotatable bonds is 5. The van der Waals surface area contributed by atoms with Crippen LogP contribution in [0.4, 0.5) is 17.6 Å². The van der Waals surface area contributed by atoms with Crippen molar-refractivity contribution in [3.63, 3.8) is 0 Å². The van der Waals surface area contributed by atoms with E-state index in [1.54, 1.807) is 25.1 Å². The van der Waals surface area contributed by atoms with Crippen molar-refractivity contribution in [2.75, 3.05) is 0 Å². The zero-order chi connectivity index (χ0) is 26.6. The smallest absolute Gasteiger partial charge is 0.419 e. The zero-order valence-corrected chi connectivity index (χ0v) is 18.9. The Kier molecular flexibility index (Phi) is 7.53. The highest BCUT2D eigenvalue weighted by Gasteiger charge is 2.38. The van der Waals surface area contributed by atoms with Gasteiger partial charge in [-0.25, -0.2) is 9.49 Å². The summed E-state index contributed by atoms with van der Waals surface area (Å²) in [5.41, 5.74) is 0.726. The molecule has 12 heteroatoms. The van der Waals surface area contributed by atoms with E-state index in [4.69, 9.17) is 10.8 Å². The molecule has 3 rings (SSSR count). The molecule has 0 fully saturated rings. The van der Waals surface area contributed by atoms with Crippen LogP contribution in [0.2, 0.25) is 0 Å². The number of amides is 1. The van der Waals surface area contributed by atoms with Gasteiger partial charge >= 0.3 is 6.18 Å². The molecule has 0 aliphatic rings. The summed E-state index contributed by atoms with van der Waals surface area (Å²) in [7, 11) is 0. The van der Waals surface area contributed by atoms with E-state index in [0.717, 1.165) is 13.0 Å². The monoisotopic (exact) mass is 501 g/mol. The lowest BCUT2D eigenvalue weighted by Crippen LogP contribution is -2.41. The summed E-state index contributed by atoms with van der Waals surface area (Å²) in [5.74, 6) is 0.589. The minimum Gasteiger partial charge on any atom is -0.419 e. The largest absolute Gasteiger partial charge is 0.468 e. The first-order chi connectivity index (χ1) is 16.9. The minimum absolute atomic E-state index is 0.105. The second-order valence-corrected chi connectivity index (χ2v) is 7.61. The van der Waals surface area contributed by atoms with Crippen molar-refractivity contribution in [3.8, 4) is 11.8 Å². The summed E-state index contributed by atoms with van der Waals surface area (Å²) < 4.78 is 55.9. The first-order valence-electron chi connectivity index (χ1n) is 10.4. The van der Waals surface area contributed by atoms with Crippen LogP contribution in [-0.4, -0.2) is 40.1 Å². The molecule has 4 N–H and O–H groups in total. The lowest BCUT2D eigenvalue weighted by Gasteiger charge is -2.17. The summed E-state index contributed by atoms with van der Waals surface area (Å²) in [5, 5.41) is 23.9. The van der Waals surface area contributed by atoms with E-state index >= 15 is 0 Å². The summed E-state index contributed by atoms with van der Waals surface area (Å²) in [4.78, 5) is 24.7. The number of H-pyrrole nitrogens is 1. The number of alkyl halides is 3. The third-order valence-electron chi connectivity index (χ3n) is 4.99. The molecule has 0 aliphatic heterocycles. The van der Waals surface area contributed by atoms with Crippen molar-refractivity contribution in [1.82, 2.24) is 15.5 Å². The third kappa shape index (κ3) is 5.93. The maximum atomic E-state index is 14.4. The van der Waals surface area contributed by atoms with Crippen molar-refractivity contribution >= 4 is 28.5 Å². The molecule has 0 saturated heterocycles. The predicted molar refractivity (Wildman–Crippen MR) is 124 cm³/mol. The van der Waals surface area contributed by atoms with Crippen LogP contribution < -0.4 is 10.9 Å². The number of fused-ring (bicyclic) bond motifs is 1. The second-order valence-electron chi connectivity index (χ2n) is 7.61. The van der Waals surface area contributed by atoms with Crippen LogP contribution in [0.25, 0.3) is 10.8 Å². The SMILES string of the molecule is CC#Cc1ccc2c(=O)[nH]nc(Cc3ccc(F)c(C(=O)NC(C)C(=N)OC(=N)C(F)(F)F)c3)c2c1. The summed E-state index contributed by atoms with van der Waals surface area (Å²) in [6.45, 7) is 2.82. The molecule has 1 atom stereocenters. The van der Waals surface area contributed by atoms with Crippen LogP contribution >= 0.6 is 0 Å². The summed E-state index contributed by atoms with van der Waals surface area (Å²) in [6, 6.07) is 7.31. The first kappa shape index (κ1) is 26.1. The average Bonchev–Trinajstić information content (AvgIpc) is 2.81. The van der Waals surface area contributed by atoms with Gasteiger partial charge in [0.15, 0.2) is 0 Å². The fourth-order valence-electron chi connectivity index (χ4n) is 3.22. The van der Waals surface area contributed by atoms with Gasteiger partial charge in [0.2, 0.25) is 5.90 Å². The Morgan fingerprint density at radius 2 is 1.92 bits per heavy atom. The van der Waals surface area contributed by atoms with E-state index in [2.05, 4.69) is 32.1 Å². The third-order valence-corrected chi connectivity index (χ3v) is 4.99. The molecule has 8 nitrogen and oxygen atoms in total. The lowest BCUT2D eigenvalue weighted by molar-refractivity contribution is -0.0730. The fraction of sp³-hybridized carbons (Fsp3) is 0.208. The van der Waals surface area contributed by atoms with Crippen LogP contribution in [-0.2, 0) is 11.2 Å². The molecule has 1 heterocycles. The number of nitrogens with zero attached hydrogens (tertiary/aromatic N) is 1. The molecule has 1 amide bonds. The standard InChI is InChI=1S/C24H19F4N5O3/c1-3-4-13-5-7-15-16(9-13)19(32-33-22(15)35)11-14-6-8-18(25)17(10-14)21(34)31-12(2)20(29)36-23(30)24(26,27)28/h5-10,12,29-30H,11H2,1-2H3,(H,31,34)(H,33,35). The molecule has 1 aromatic heterocycles. The molecule has 0 bridgehead atoms. The van der Waals surface area contributed by atoms with Crippen LogP contribution in [0.5, 0.6) is 0 Å². The van der Waals surface area contributed by atoms with E-state index < -0.39 is 46.9 Å². The molecule has 0 spiro atoms. The topological polar surface area (TPSA) is 132 Å². The number of aromatic amines is 1. The highest BCUT2D eigenvalue weighted by molar-refractivity contribution is 5.99. The number of nitrogens with one attached hydrogen (secondary N) is 4. The Labute approximate surface area is 201 Å². The van der Waals surface area contributed by atoms with E-state index in [9.17, 15) is 27.2 Å². The van der Waals surface area contributed by atoms with Crippen LogP contribution in [0, 0.1) is 28.5 Å². The molecule has 2 aromatic carbocycles. The molecule has 1 unspecified atom stereocenters. The highest BCUT2D eigenvalue weighted by atomic mass is 19.4. The van der Waals surface area contributed by atoms with Crippen molar-refractivity contribution in [2.24, 2.45) is 0 Å². The van der Waals surface area contributed by atoms with Crippen molar-refractivity contribution < 1.29 is 27.1 Å². The van der Waals surface area contributed by atoms with Gasteiger partial charge < -0.3 is 10.1 Å². The zero-order valence-electron chi connectivity index (χ0n) is 18.9. The van der Waals surface area contributed by atoms with E-state index in [-0.39, 0.29) is 6.42 Å². The van der Waals surface area contributed by atoms with Crippen LogP contribution in [0.15, 0.2) is 41.2 Å².